The van der Waals surface area contributed by atoms with Crippen LogP contribution in [-0.4, -0.2) is 0 Å². The predicted molar refractivity (Wildman–Crippen MR) is 255 cm³/mol. The zero-order chi connectivity index (χ0) is 39.0. The average Bonchev–Trinajstić information content (AvgIpc) is 3.32. The molecular weight excluding hydrogens is 735 g/mol. The molecule has 0 aliphatic carbocycles. The van der Waals surface area contributed by atoms with Crippen molar-refractivity contribution in [3.8, 4) is 22.3 Å². The van der Waals surface area contributed by atoms with Gasteiger partial charge in [-0.25, -0.2) is 0 Å². The molecule has 58 heavy (non-hydrogen) atoms. The van der Waals surface area contributed by atoms with Crippen LogP contribution in [0.25, 0.3) is 22.3 Å². The second-order valence-electron chi connectivity index (χ2n) is 14.8. The Kier molecular flexibility index (Phi) is 11.1. The lowest BCUT2D eigenvalue weighted by Gasteiger charge is -2.31. The van der Waals surface area contributed by atoms with Crippen molar-refractivity contribution < 1.29 is 0 Å². The van der Waals surface area contributed by atoms with Crippen LogP contribution in [-0.2, 0) is 12.3 Å². The lowest BCUT2D eigenvalue weighted by molar-refractivity contribution is 1.32. The maximum atomic E-state index is 2.49. The summed E-state index contributed by atoms with van der Waals surface area (Å²) in [6.45, 7) is 0. The molecule has 0 aromatic heterocycles. The maximum Gasteiger partial charge on any atom is 0.116 e. The van der Waals surface area contributed by atoms with E-state index in [-0.39, 0.29) is 0 Å². The Morgan fingerprint density at radius 2 is 0.397 bits per heavy atom. The number of hydrogen-bond acceptors (Lipinski definition) is 0. The van der Waals surface area contributed by atoms with Gasteiger partial charge in [0.25, 0.3) is 0 Å². The SMILES string of the molecule is c1ccc(-c2c(C[P+](c3ccccc3)(c3ccccc3)c3ccccc3)ccc(C[P+](c3ccccc3)(c3ccccc3)c3ccccc3)c2-c2ccccc2)cc1. The van der Waals surface area contributed by atoms with Gasteiger partial charge in [-0.2, -0.15) is 0 Å². The molecule has 0 atom stereocenters. The Morgan fingerprint density at radius 1 is 0.207 bits per heavy atom. The molecule has 2 heteroatoms. The van der Waals surface area contributed by atoms with E-state index >= 15 is 0 Å². The van der Waals surface area contributed by atoms with Gasteiger partial charge in [0.05, 0.1) is 12.3 Å². The van der Waals surface area contributed by atoms with Gasteiger partial charge in [-0.05, 0) is 106 Å². The van der Waals surface area contributed by atoms with E-state index in [0.29, 0.717) is 0 Å². The van der Waals surface area contributed by atoms with E-state index in [1.165, 1.54) is 65.2 Å². The third kappa shape index (κ3) is 7.16. The van der Waals surface area contributed by atoms with Crippen LogP contribution in [0, 0.1) is 0 Å². The standard InChI is InChI=1S/C56H46P2/c1-9-25-45(26-10-1)55-47(43-57(49-29-13-3-14-30-49,50-31-15-4-16-32-50)51-33-17-5-18-34-51)41-42-48(56(55)46-27-11-2-12-28-46)44-58(52-35-19-6-20-36-52,53-37-21-7-22-38-53)54-39-23-8-24-40-54/h1-42H,43-44H2/q+2. The van der Waals surface area contributed by atoms with Crippen LogP contribution in [0.3, 0.4) is 0 Å². The van der Waals surface area contributed by atoms with Crippen LogP contribution < -0.4 is 31.8 Å². The molecule has 0 amide bonds. The van der Waals surface area contributed by atoms with Gasteiger partial charge in [0, 0.05) is 0 Å². The van der Waals surface area contributed by atoms with E-state index in [2.05, 4.69) is 255 Å². The zero-order valence-corrected chi connectivity index (χ0v) is 34.3. The minimum absolute atomic E-state index is 0.881. The zero-order valence-electron chi connectivity index (χ0n) is 32.6. The predicted octanol–water partition coefficient (Wildman–Crippen LogP) is 12.0. The minimum atomic E-state index is -2.23. The molecular formula is C56H46P2+2. The molecule has 0 radical (unpaired) electrons. The van der Waals surface area contributed by atoms with Gasteiger partial charge >= 0.3 is 0 Å². The summed E-state index contributed by atoms with van der Waals surface area (Å²) in [4.78, 5) is 0. The summed E-state index contributed by atoms with van der Waals surface area (Å²) < 4.78 is 0. The fourth-order valence-corrected chi connectivity index (χ4v) is 17.4. The lowest BCUT2D eigenvalue weighted by atomic mass is 9.88. The van der Waals surface area contributed by atoms with Crippen LogP contribution in [0.1, 0.15) is 11.1 Å². The molecule has 0 bridgehead atoms. The van der Waals surface area contributed by atoms with E-state index in [9.17, 15) is 0 Å². The van der Waals surface area contributed by atoms with Gasteiger partial charge in [-0.3, -0.25) is 0 Å². The highest BCUT2D eigenvalue weighted by molar-refractivity contribution is 7.95. The van der Waals surface area contributed by atoms with Gasteiger partial charge in [0.2, 0.25) is 0 Å². The van der Waals surface area contributed by atoms with Crippen molar-refractivity contribution in [2.45, 2.75) is 12.3 Å². The van der Waals surface area contributed by atoms with Gasteiger partial charge < -0.3 is 0 Å². The Hall–Kier alpha value is -6.16. The lowest BCUT2D eigenvalue weighted by Crippen LogP contribution is -2.33. The second kappa shape index (κ2) is 17.1. The van der Waals surface area contributed by atoms with Gasteiger partial charge in [0.1, 0.15) is 46.4 Å². The Balaban J connectivity index is 1.36. The van der Waals surface area contributed by atoms with E-state index in [4.69, 9.17) is 0 Å². The van der Waals surface area contributed by atoms with Crippen LogP contribution >= 0.6 is 14.5 Å². The smallest absolute Gasteiger partial charge is 0.0622 e. The normalized spacial score (nSPS) is 11.6. The number of hydrogen-bond donors (Lipinski definition) is 0. The molecule has 0 aliphatic rings. The number of rotatable bonds is 12. The molecule has 0 saturated carbocycles. The van der Waals surface area contributed by atoms with Gasteiger partial charge in [-0.15, -0.1) is 0 Å². The summed E-state index contributed by atoms with van der Waals surface area (Å²) in [5, 5.41) is 8.33. The highest BCUT2D eigenvalue weighted by atomic mass is 31.2. The molecule has 0 fully saturated rings. The van der Waals surface area contributed by atoms with Crippen LogP contribution in [0.4, 0.5) is 0 Å². The molecule has 9 rings (SSSR count). The summed E-state index contributed by atoms with van der Waals surface area (Å²) in [7, 11) is -4.45. The van der Waals surface area contributed by atoms with E-state index in [1.807, 2.05) is 0 Å². The molecule has 0 nitrogen and oxygen atoms in total. The van der Waals surface area contributed by atoms with Crippen molar-refractivity contribution in [2.75, 3.05) is 0 Å². The molecule has 0 saturated heterocycles. The Bertz CT molecular complexity index is 2280. The van der Waals surface area contributed by atoms with Crippen molar-refractivity contribution in [3.63, 3.8) is 0 Å². The molecule has 9 aromatic carbocycles. The fraction of sp³-hybridized carbons (Fsp3) is 0.0357. The quantitative estimate of drug-likeness (QED) is 0.108. The Morgan fingerprint density at radius 3 is 0.603 bits per heavy atom. The largest absolute Gasteiger partial charge is 0.116 e. The van der Waals surface area contributed by atoms with E-state index in [1.54, 1.807) is 0 Å². The third-order valence-electron chi connectivity index (χ3n) is 11.5. The molecule has 0 N–H and O–H groups in total. The van der Waals surface area contributed by atoms with E-state index < -0.39 is 14.5 Å². The van der Waals surface area contributed by atoms with Crippen LogP contribution in [0.2, 0.25) is 0 Å². The highest BCUT2D eigenvalue weighted by Crippen LogP contribution is 2.62. The average molecular weight is 781 g/mol. The summed E-state index contributed by atoms with van der Waals surface area (Å²) >= 11 is 0. The van der Waals surface area contributed by atoms with Crippen molar-refractivity contribution in [1.29, 1.82) is 0 Å². The maximum absolute atomic E-state index is 2.49. The first-order valence-electron chi connectivity index (χ1n) is 20.1. The first-order chi connectivity index (χ1) is 28.8. The minimum Gasteiger partial charge on any atom is -0.0622 e. The third-order valence-corrected chi connectivity index (χ3v) is 20.2. The molecule has 9 aromatic rings. The van der Waals surface area contributed by atoms with Crippen molar-refractivity contribution in [2.24, 2.45) is 0 Å². The summed E-state index contributed by atoms with van der Waals surface area (Å²) in [6, 6.07) is 95.1. The molecule has 0 spiro atoms. The fourth-order valence-electron chi connectivity index (χ4n) is 8.87. The van der Waals surface area contributed by atoms with Crippen molar-refractivity contribution >= 4 is 46.4 Å². The second-order valence-corrected chi connectivity index (χ2v) is 21.8. The molecule has 278 valence electrons. The van der Waals surface area contributed by atoms with Crippen LogP contribution in [0.15, 0.2) is 255 Å². The molecule has 0 heterocycles. The first-order valence-corrected chi connectivity index (χ1v) is 24.1. The first kappa shape index (κ1) is 37.4. The highest BCUT2D eigenvalue weighted by Gasteiger charge is 2.48. The van der Waals surface area contributed by atoms with Crippen LogP contribution in [0.5, 0.6) is 0 Å². The monoisotopic (exact) mass is 780 g/mol. The molecule has 0 aliphatic heterocycles. The van der Waals surface area contributed by atoms with E-state index in [0.717, 1.165) is 12.3 Å². The molecule has 0 unspecified atom stereocenters. The van der Waals surface area contributed by atoms with Crippen molar-refractivity contribution in [1.82, 2.24) is 0 Å². The Labute approximate surface area is 345 Å². The number of benzene rings is 9. The van der Waals surface area contributed by atoms with Gasteiger partial charge in [-0.1, -0.05) is 182 Å². The topological polar surface area (TPSA) is 0 Å². The summed E-state index contributed by atoms with van der Waals surface area (Å²) in [5.41, 5.74) is 7.86. The summed E-state index contributed by atoms with van der Waals surface area (Å²) in [6.07, 6.45) is 1.76. The van der Waals surface area contributed by atoms with Gasteiger partial charge in [0.15, 0.2) is 0 Å². The van der Waals surface area contributed by atoms with Crippen molar-refractivity contribution in [3.05, 3.63) is 266 Å². The summed E-state index contributed by atoms with van der Waals surface area (Å²) in [5.74, 6) is 0.